The zero-order valence-electron chi connectivity index (χ0n) is 11.3. The Labute approximate surface area is 121 Å². The third-order valence-electron chi connectivity index (χ3n) is 3.43. The number of hydrogen-bond acceptors (Lipinski definition) is 4. The van der Waals surface area contributed by atoms with Crippen molar-refractivity contribution >= 4 is 17.8 Å². The molecule has 0 fully saturated rings. The first-order chi connectivity index (χ1) is 9.99. The SMILES string of the molecule is NC(=O)C[C@H](NC(=O)C1CNCc2ccccc21)C(=O)O. The Kier molecular flexibility index (Phi) is 4.54. The number of fused-ring (bicyclic) bond motifs is 1. The van der Waals surface area contributed by atoms with Crippen LogP contribution in [0.4, 0.5) is 0 Å². The highest BCUT2D eigenvalue weighted by atomic mass is 16.4. The minimum absolute atomic E-state index is 0.422. The fourth-order valence-corrected chi connectivity index (χ4v) is 2.40. The quantitative estimate of drug-likeness (QED) is 0.572. The lowest BCUT2D eigenvalue weighted by atomic mass is 9.90. The van der Waals surface area contributed by atoms with Crippen molar-refractivity contribution in [2.45, 2.75) is 24.9 Å². The molecule has 1 heterocycles. The molecule has 5 N–H and O–H groups in total. The third kappa shape index (κ3) is 3.57. The summed E-state index contributed by atoms with van der Waals surface area (Å²) in [5.74, 6) is -2.96. The first kappa shape index (κ1) is 15.0. The van der Waals surface area contributed by atoms with Crippen molar-refractivity contribution in [2.75, 3.05) is 6.54 Å². The van der Waals surface area contributed by atoms with Gasteiger partial charge in [-0.05, 0) is 11.1 Å². The van der Waals surface area contributed by atoms with Gasteiger partial charge in [0.25, 0.3) is 0 Å². The van der Waals surface area contributed by atoms with Gasteiger partial charge in [0.1, 0.15) is 6.04 Å². The second-order valence-corrected chi connectivity index (χ2v) is 4.95. The molecule has 0 bridgehead atoms. The van der Waals surface area contributed by atoms with Gasteiger partial charge in [-0.3, -0.25) is 9.59 Å². The van der Waals surface area contributed by atoms with Crippen LogP contribution in [0, 0.1) is 0 Å². The predicted octanol–water partition coefficient (Wildman–Crippen LogP) is -0.682. The number of carbonyl (C=O) groups is 3. The van der Waals surface area contributed by atoms with Gasteiger partial charge in [-0.1, -0.05) is 24.3 Å². The Balaban J connectivity index is 2.13. The Morgan fingerprint density at radius 2 is 2.10 bits per heavy atom. The summed E-state index contributed by atoms with van der Waals surface area (Å²) in [6.45, 7) is 1.09. The molecule has 0 spiro atoms. The summed E-state index contributed by atoms with van der Waals surface area (Å²) in [6.07, 6.45) is -0.428. The molecular weight excluding hydrogens is 274 g/mol. The molecule has 0 aliphatic carbocycles. The van der Waals surface area contributed by atoms with E-state index in [2.05, 4.69) is 10.6 Å². The first-order valence-electron chi connectivity index (χ1n) is 6.59. The molecule has 0 saturated carbocycles. The summed E-state index contributed by atoms with van der Waals surface area (Å²) in [5, 5.41) is 14.5. The van der Waals surface area contributed by atoms with Gasteiger partial charge in [0.15, 0.2) is 0 Å². The number of amides is 2. The van der Waals surface area contributed by atoms with E-state index in [4.69, 9.17) is 10.8 Å². The van der Waals surface area contributed by atoms with Gasteiger partial charge in [-0.15, -0.1) is 0 Å². The van der Waals surface area contributed by atoms with E-state index in [0.717, 1.165) is 11.1 Å². The van der Waals surface area contributed by atoms with Crippen molar-refractivity contribution in [3.63, 3.8) is 0 Å². The van der Waals surface area contributed by atoms with E-state index in [1.54, 1.807) is 0 Å². The second kappa shape index (κ2) is 6.36. The monoisotopic (exact) mass is 291 g/mol. The van der Waals surface area contributed by atoms with Gasteiger partial charge in [0, 0.05) is 13.1 Å². The van der Waals surface area contributed by atoms with Gasteiger partial charge in [0.05, 0.1) is 12.3 Å². The molecule has 2 atom stereocenters. The minimum atomic E-state index is -1.30. The summed E-state index contributed by atoms with van der Waals surface area (Å²) in [4.78, 5) is 34.2. The molecule has 2 amide bonds. The molecule has 1 aliphatic rings. The molecule has 1 unspecified atom stereocenters. The van der Waals surface area contributed by atoms with Crippen molar-refractivity contribution in [1.29, 1.82) is 0 Å². The van der Waals surface area contributed by atoms with Crippen molar-refractivity contribution in [3.05, 3.63) is 35.4 Å². The highest BCUT2D eigenvalue weighted by Crippen LogP contribution is 2.24. The summed E-state index contributed by atoms with van der Waals surface area (Å²) in [7, 11) is 0. The number of hydrogen-bond donors (Lipinski definition) is 4. The Morgan fingerprint density at radius 3 is 2.76 bits per heavy atom. The van der Waals surface area contributed by atoms with Gasteiger partial charge in [-0.25, -0.2) is 4.79 Å². The number of carboxylic acid groups (broad SMARTS) is 1. The van der Waals surface area contributed by atoms with E-state index in [1.807, 2.05) is 24.3 Å². The van der Waals surface area contributed by atoms with Crippen molar-refractivity contribution in [2.24, 2.45) is 5.73 Å². The number of benzene rings is 1. The molecule has 7 nitrogen and oxygen atoms in total. The number of primary amides is 1. The van der Waals surface area contributed by atoms with E-state index < -0.39 is 36.2 Å². The summed E-state index contributed by atoms with van der Waals surface area (Å²) >= 11 is 0. The summed E-state index contributed by atoms with van der Waals surface area (Å²) in [5.41, 5.74) is 6.87. The minimum Gasteiger partial charge on any atom is -0.480 e. The lowest BCUT2D eigenvalue weighted by Gasteiger charge is -2.26. The van der Waals surface area contributed by atoms with Crippen LogP contribution in [0.15, 0.2) is 24.3 Å². The van der Waals surface area contributed by atoms with Gasteiger partial charge in [0.2, 0.25) is 11.8 Å². The van der Waals surface area contributed by atoms with Gasteiger partial charge in [-0.2, -0.15) is 0 Å². The molecule has 0 radical (unpaired) electrons. The first-order valence-corrected chi connectivity index (χ1v) is 6.59. The smallest absolute Gasteiger partial charge is 0.326 e. The average molecular weight is 291 g/mol. The lowest BCUT2D eigenvalue weighted by Crippen LogP contribution is -2.47. The lowest BCUT2D eigenvalue weighted by molar-refractivity contribution is -0.143. The Morgan fingerprint density at radius 1 is 1.38 bits per heavy atom. The number of aliphatic carboxylic acids is 1. The van der Waals surface area contributed by atoms with Crippen LogP contribution in [0.5, 0.6) is 0 Å². The molecule has 0 saturated heterocycles. The number of nitrogens with one attached hydrogen (secondary N) is 2. The molecular formula is C14H17N3O4. The van der Waals surface area contributed by atoms with E-state index in [0.29, 0.717) is 13.1 Å². The van der Waals surface area contributed by atoms with E-state index >= 15 is 0 Å². The van der Waals surface area contributed by atoms with Crippen LogP contribution in [-0.2, 0) is 20.9 Å². The van der Waals surface area contributed by atoms with Gasteiger partial charge >= 0.3 is 5.97 Å². The van der Waals surface area contributed by atoms with Crippen molar-refractivity contribution in [1.82, 2.24) is 10.6 Å². The maximum Gasteiger partial charge on any atom is 0.326 e. The largest absolute Gasteiger partial charge is 0.480 e. The Hall–Kier alpha value is -2.41. The maximum atomic E-state index is 12.3. The Bertz CT molecular complexity index is 573. The van der Waals surface area contributed by atoms with Crippen LogP contribution in [0.2, 0.25) is 0 Å². The van der Waals surface area contributed by atoms with Crippen LogP contribution in [0.25, 0.3) is 0 Å². The van der Waals surface area contributed by atoms with Crippen molar-refractivity contribution < 1.29 is 19.5 Å². The zero-order chi connectivity index (χ0) is 15.4. The number of carboxylic acids is 1. The maximum absolute atomic E-state index is 12.3. The molecule has 0 aromatic heterocycles. The highest BCUT2D eigenvalue weighted by Gasteiger charge is 2.30. The average Bonchev–Trinajstić information content (AvgIpc) is 2.45. The molecule has 1 aromatic carbocycles. The zero-order valence-corrected chi connectivity index (χ0v) is 11.3. The van der Waals surface area contributed by atoms with Crippen LogP contribution in [0.1, 0.15) is 23.5 Å². The topological polar surface area (TPSA) is 122 Å². The van der Waals surface area contributed by atoms with E-state index in [9.17, 15) is 14.4 Å². The van der Waals surface area contributed by atoms with E-state index in [1.165, 1.54) is 0 Å². The van der Waals surface area contributed by atoms with Crippen LogP contribution in [-0.4, -0.2) is 35.5 Å². The summed E-state index contributed by atoms with van der Waals surface area (Å²) in [6, 6.07) is 6.18. The molecule has 112 valence electrons. The standard InChI is InChI=1S/C14H17N3O4/c15-12(18)5-11(14(20)21)17-13(19)10-7-16-6-8-3-1-2-4-9(8)10/h1-4,10-11,16H,5-7H2,(H2,15,18)(H,17,19)(H,20,21)/t10?,11-/m0/s1. The normalized spacial score (nSPS) is 18.4. The number of carbonyl (C=O) groups excluding carboxylic acids is 2. The fourth-order valence-electron chi connectivity index (χ4n) is 2.40. The number of rotatable bonds is 5. The van der Waals surface area contributed by atoms with Crippen LogP contribution in [0.3, 0.4) is 0 Å². The fraction of sp³-hybridized carbons (Fsp3) is 0.357. The van der Waals surface area contributed by atoms with Crippen LogP contribution < -0.4 is 16.4 Å². The second-order valence-electron chi connectivity index (χ2n) is 4.95. The van der Waals surface area contributed by atoms with E-state index in [-0.39, 0.29) is 0 Å². The third-order valence-corrected chi connectivity index (χ3v) is 3.43. The van der Waals surface area contributed by atoms with Crippen LogP contribution >= 0.6 is 0 Å². The molecule has 2 rings (SSSR count). The highest BCUT2D eigenvalue weighted by molar-refractivity contribution is 5.91. The summed E-state index contributed by atoms with van der Waals surface area (Å²) < 4.78 is 0. The number of nitrogens with two attached hydrogens (primary N) is 1. The molecule has 1 aliphatic heterocycles. The molecule has 21 heavy (non-hydrogen) atoms. The molecule has 1 aromatic rings. The van der Waals surface area contributed by atoms with Gasteiger partial charge < -0.3 is 21.5 Å². The van der Waals surface area contributed by atoms with Crippen molar-refractivity contribution in [3.8, 4) is 0 Å². The molecule has 7 heteroatoms. The predicted molar refractivity (Wildman–Crippen MR) is 74.3 cm³/mol.